The van der Waals surface area contributed by atoms with Crippen molar-refractivity contribution < 1.29 is 17.9 Å². The second kappa shape index (κ2) is 8.23. The lowest BCUT2D eigenvalue weighted by atomic mass is 10.1. The number of carbonyl (C=O) groups excluding carboxylic acids is 1. The highest BCUT2D eigenvalue weighted by Gasteiger charge is 2.17. The van der Waals surface area contributed by atoms with Crippen molar-refractivity contribution >= 4 is 21.6 Å². The summed E-state index contributed by atoms with van der Waals surface area (Å²) in [7, 11) is -0.219. The number of anilines is 1. The number of nitrogens with one attached hydrogen (secondary N) is 1. The summed E-state index contributed by atoms with van der Waals surface area (Å²) >= 11 is 0. The standard InChI is InChI=1S/C19H24N2O4S/c1-5-26(23,24)21(3)17-10-6-16(7-11-17)19(22)20-14(2)15-8-12-18(25-4)13-9-15/h6-14H,5H2,1-4H3,(H,20,22)/t14-/m0/s1. The van der Waals surface area contributed by atoms with Gasteiger partial charge in [-0.3, -0.25) is 9.10 Å². The van der Waals surface area contributed by atoms with Gasteiger partial charge in [0.15, 0.2) is 0 Å². The number of benzene rings is 2. The zero-order chi connectivity index (χ0) is 19.3. The molecule has 7 heteroatoms. The first kappa shape index (κ1) is 19.8. The first-order valence-electron chi connectivity index (χ1n) is 8.30. The Morgan fingerprint density at radius 1 is 1.12 bits per heavy atom. The lowest BCUT2D eigenvalue weighted by molar-refractivity contribution is 0.0940. The smallest absolute Gasteiger partial charge is 0.251 e. The van der Waals surface area contributed by atoms with Gasteiger partial charge < -0.3 is 10.1 Å². The summed E-state index contributed by atoms with van der Waals surface area (Å²) < 4.78 is 30.2. The molecule has 2 rings (SSSR count). The minimum absolute atomic E-state index is 0.0190. The van der Waals surface area contributed by atoms with E-state index in [2.05, 4.69) is 5.32 Å². The van der Waals surface area contributed by atoms with Crippen LogP contribution in [0.15, 0.2) is 48.5 Å². The van der Waals surface area contributed by atoms with Crippen molar-refractivity contribution in [3.8, 4) is 5.75 Å². The molecule has 0 unspecified atom stereocenters. The number of nitrogens with zero attached hydrogens (tertiary/aromatic N) is 1. The van der Waals surface area contributed by atoms with Gasteiger partial charge in [-0.25, -0.2) is 8.42 Å². The van der Waals surface area contributed by atoms with Crippen molar-refractivity contribution in [2.45, 2.75) is 19.9 Å². The minimum Gasteiger partial charge on any atom is -0.497 e. The fraction of sp³-hybridized carbons (Fsp3) is 0.316. The van der Waals surface area contributed by atoms with Gasteiger partial charge in [0, 0.05) is 12.6 Å². The maximum Gasteiger partial charge on any atom is 0.251 e. The first-order chi connectivity index (χ1) is 12.3. The summed E-state index contributed by atoms with van der Waals surface area (Å²) in [6, 6.07) is 13.8. The van der Waals surface area contributed by atoms with Crippen LogP contribution < -0.4 is 14.4 Å². The third kappa shape index (κ3) is 4.54. The number of hydrogen-bond donors (Lipinski definition) is 1. The second-order valence-electron chi connectivity index (χ2n) is 5.88. The maximum absolute atomic E-state index is 12.4. The molecule has 0 radical (unpaired) electrons. The highest BCUT2D eigenvalue weighted by atomic mass is 32.2. The van der Waals surface area contributed by atoms with Crippen LogP contribution in [0, 0.1) is 0 Å². The quantitative estimate of drug-likeness (QED) is 0.806. The highest BCUT2D eigenvalue weighted by molar-refractivity contribution is 7.92. The molecule has 0 aliphatic rings. The Balaban J connectivity index is 2.07. The SMILES string of the molecule is CCS(=O)(=O)N(C)c1ccc(C(=O)N[C@@H](C)c2ccc(OC)cc2)cc1. The first-order valence-corrected chi connectivity index (χ1v) is 9.91. The van der Waals surface area contributed by atoms with Crippen LogP contribution in [0.1, 0.15) is 35.8 Å². The summed E-state index contributed by atoms with van der Waals surface area (Å²) in [5.74, 6) is 0.556. The normalized spacial score (nSPS) is 12.3. The van der Waals surface area contributed by atoms with Crippen LogP contribution in [-0.2, 0) is 10.0 Å². The van der Waals surface area contributed by atoms with Gasteiger partial charge in [-0.05, 0) is 55.8 Å². The van der Waals surface area contributed by atoms with Gasteiger partial charge in [0.25, 0.3) is 5.91 Å². The fourth-order valence-corrected chi connectivity index (χ4v) is 3.26. The Hall–Kier alpha value is -2.54. The highest BCUT2D eigenvalue weighted by Crippen LogP contribution is 2.20. The van der Waals surface area contributed by atoms with Gasteiger partial charge in [-0.1, -0.05) is 12.1 Å². The molecule has 1 N–H and O–H groups in total. The average molecular weight is 376 g/mol. The van der Waals surface area contributed by atoms with E-state index in [1.54, 1.807) is 38.3 Å². The van der Waals surface area contributed by atoms with E-state index in [-0.39, 0.29) is 17.7 Å². The number of amides is 1. The topological polar surface area (TPSA) is 75.7 Å². The van der Waals surface area contributed by atoms with Crippen LogP contribution in [0.4, 0.5) is 5.69 Å². The van der Waals surface area contributed by atoms with Gasteiger partial charge in [0.1, 0.15) is 5.75 Å². The van der Waals surface area contributed by atoms with E-state index in [0.717, 1.165) is 11.3 Å². The van der Waals surface area contributed by atoms with Crippen molar-refractivity contribution in [2.24, 2.45) is 0 Å². The van der Waals surface area contributed by atoms with Gasteiger partial charge in [-0.2, -0.15) is 0 Å². The van der Waals surface area contributed by atoms with E-state index in [0.29, 0.717) is 11.3 Å². The number of sulfonamides is 1. The Morgan fingerprint density at radius 2 is 1.69 bits per heavy atom. The molecule has 0 aliphatic carbocycles. The molecule has 0 aromatic heterocycles. The number of carbonyl (C=O) groups is 1. The summed E-state index contributed by atoms with van der Waals surface area (Å²) in [5.41, 5.74) is 1.95. The molecule has 140 valence electrons. The Labute approximate surface area is 154 Å². The lowest BCUT2D eigenvalue weighted by Crippen LogP contribution is -2.28. The van der Waals surface area contributed by atoms with Gasteiger partial charge in [0.2, 0.25) is 10.0 Å². The van der Waals surface area contributed by atoms with Crippen molar-refractivity contribution in [3.05, 3.63) is 59.7 Å². The predicted molar refractivity (Wildman–Crippen MR) is 103 cm³/mol. The van der Waals surface area contributed by atoms with Crippen LogP contribution in [0.2, 0.25) is 0 Å². The average Bonchev–Trinajstić information content (AvgIpc) is 2.67. The minimum atomic E-state index is -3.32. The molecule has 0 heterocycles. The van der Waals surface area contributed by atoms with E-state index in [1.807, 2.05) is 31.2 Å². The van der Waals surface area contributed by atoms with E-state index in [4.69, 9.17) is 4.74 Å². The maximum atomic E-state index is 12.4. The van der Waals surface area contributed by atoms with Crippen molar-refractivity contribution in [3.63, 3.8) is 0 Å². The number of methoxy groups -OCH3 is 1. The molecule has 0 saturated heterocycles. The zero-order valence-corrected chi connectivity index (χ0v) is 16.2. The van der Waals surface area contributed by atoms with Gasteiger partial charge >= 0.3 is 0 Å². The summed E-state index contributed by atoms with van der Waals surface area (Å²) in [6.07, 6.45) is 0. The molecule has 0 aliphatic heterocycles. The van der Waals surface area contributed by atoms with Crippen LogP contribution in [0.25, 0.3) is 0 Å². The second-order valence-corrected chi connectivity index (χ2v) is 8.17. The molecule has 6 nitrogen and oxygen atoms in total. The molecule has 2 aromatic rings. The van der Waals surface area contributed by atoms with Crippen LogP contribution >= 0.6 is 0 Å². The van der Waals surface area contributed by atoms with E-state index >= 15 is 0 Å². The van der Waals surface area contributed by atoms with Crippen LogP contribution in [0.3, 0.4) is 0 Å². The number of rotatable bonds is 7. The van der Waals surface area contributed by atoms with Crippen LogP contribution in [-0.4, -0.2) is 34.2 Å². The predicted octanol–water partition coefficient (Wildman–Crippen LogP) is 2.97. The largest absolute Gasteiger partial charge is 0.497 e. The van der Waals surface area contributed by atoms with Crippen LogP contribution in [0.5, 0.6) is 5.75 Å². The third-order valence-electron chi connectivity index (χ3n) is 4.24. The molecule has 1 atom stereocenters. The van der Waals surface area contributed by atoms with Crippen molar-refractivity contribution in [2.75, 3.05) is 24.2 Å². The Bertz CT molecular complexity index is 846. The molecule has 26 heavy (non-hydrogen) atoms. The van der Waals surface area contributed by atoms with Gasteiger partial charge in [0.05, 0.1) is 24.6 Å². The monoisotopic (exact) mass is 376 g/mol. The lowest BCUT2D eigenvalue weighted by Gasteiger charge is -2.19. The molecule has 0 bridgehead atoms. The van der Waals surface area contributed by atoms with E-state index in [9.17, 15) is 13.2 Å². The van der Waals surface area contributed by atoms with Crippen molar-refractivity contribution in [1.29, 1.82) is 0 Å². The third-order valence-corrected chi connectivity index (χ3v) is 6.01. The molecule has 0 saturated carbocycles. The molecular weight excluding hydrogens is 352 g/mol. The number of hydrogen-bond acceptors (Lipinski definition) is 4. The number of ether oxygens (including phenoxy) is 1. The Morgan fingerprint density at radius 3 is 2.19 bits per heavy atom. The van der Waals surface area contributed by atoms with E-state index < -0.39 is 10.0 Å². The summed E-state index contributed by atoms with van der Waals surface area (Å²) in [5, 5.41) is 2.93. The molecule has 0 fully saturated rings. The molecular formula is C19H24N2O4S. The summed E-state index contributed by atoms with van der Waals surface area (Å²) in [6.45, 7) is 3.49. The molecule has 1 amide bonds. The fourth-order valence-electron chi connectivity index (χ4n) is 2.43. The van der Waals surface area contributed by atoms with Gasteiger partial charge in [-0.15, -0.1) is 0 Å². The van der Waals surface area contributed by atoms with E-state index in [1.165, 1.54) is 11.4 Å². The molecule has 2 aromatic carbocycles. The summed E-state index contributed by atoms with van der Waals surface area (Å²) in [4.78, 5) is 12.4. The van der Waals surface area contributed by atoms with Crippen molar-refractivity contribution in [1.82, 2.24) is 5.32 Å². The Kier molecular flexibility index (Phi) is 6.26. The zero-order valence-electron chi connectivity index (χ0n) is 15.4. The molecule has 0 spiro atoms.